The number of alkyl halides is 2. The van der Waals surface area contributed by atoms with Gasteiger partial charge in [-0.3, -0.25) is 9.78 Å². The first-order valence-corrected chi connectivity index (χ1v) is 15.1. The summed E-state index contributed by atoms with van der Waals surface area (Å²) in [7, 11) is 0. The van der Waals surface area contributed by atoms with Crippen molar-refractivity contribution in [3.63, 3.8) is 0 Å². The largest absolute Gasteiger partial charge is 0.463 e. The van der Waals surface area contributed by atoms with Gasteiger partial charge in [0.25, 0.3) is 6.43 Å². The minimum absolute atomic E-state index is 0.136. The van der Waals surface area contributed by atoms with Crippen molar-refractivity contribution in [3.8, 4) is 11.3 Å². The van der Waals surface area contributed by atoms with Crippen molar-refractivity contribution in [2.75, 3.05) is 11.9 Å². The molecule has 3 aliphatic rings. The number of aliphatic hydroxyl groups is 4. The number of hydrogen-bond donors (Lipinski definition) is 5. The highest BCUT2D eigenvalue weighted by molar-refractivity contribution is 5.72. The number of pyridine rings is 3. The van der Waals surface area contributed by atoms with Crippen LogP contribution in [0.3, 0.4) is 0 Å². The number of anilines is 2. The molecule has 2 aliphatic heterocycles. The number of ether oxygens (including phenoxy) is 3. The summed E-state index contributed by atoms with van der Waals surface area (Å²) in [6, 6.07) is 10.0. The molecule has 5 N–H and O–H groups in total. The van der Waals surface area contributed by atoms with Crippen LogP contribution in [-0.4, -0.2) is 84.3 Å². The Morgan fingerprint density at radius 3 is 2.50 bits per heavy atom. The molecule has 46 heavy (non-hydrogen) atoms. The summed E-state index contributed by atoms with van der Waals surface area (Å²) in [4.78, 5) is 26.2. The second-order valence-corrected chi connectivity index (χ2v) is 12.3. The predicted molar refractivity (Wildman–Crippen MR) is 158 cm³/mol. The van der Waals surface area contributed by atoms with Crippen molar-refractivity contribution in [2.45, 2.75) is 87.9 Å². The summed E-state index contributed by atoms with van der Waals surface area (Å²) >= 11 is 0. The van der Waals surface area contributed by atoms with E-state index in [9.17, 15) is 34.0 Å². The molecule has 3 aromatic heterocycles. The van der Waals surface area contributed by atoms with Gasteiger partial charge in [-0.05, 0) is 81.5 Å². The highest BCUT2D eigenvalue weighted by atomic mass is 19.3. The van der Waals surface area contributed by atoms with Crippen LogP contribution in [-0.2, 0) is 24.6 Å². The monoisotopic (exact) mass is 642 g/mol. The SMILES string of the molecule is Cc1cc(Nc2cc(C(F)F)ccn2)nc(-c2ccc([C@]3(C)OC34CCC(C(=O)OC[C@H]3OC(O)[C@H](O)C(O)[C@@H]3O)CC4)nc2)c1. The summed E-state index contributed by atoms with van der Waals surface area (Å²) in [5.41, 5.74) is 1.82. The van der Waals surface area contributed by atoms with Gasteiger partial charge >= 0.3 is 5.97 Å². The van der Waals surface area contributed by atoms with Gasteiger partial charge in [-0.25, -0.2) is 18.7 Å². The van der Waals surface area contributed by atoms with Crippen molar-refractivity contribution < 1.29 is 48.2 Å². The third kappa shape index (κ3) is 6.20. The van der Waals surface area contributed by atoms with Gasteiger partial charge in [-0.1, -0.05) is 0 Å². The van der Waals surface area contributed by atoms with E-state index in [0.29, 0.717) is 37.2 Å². The van der Waals surface area contributed by atoms with E-state index in [4.69, 9.17) is 19.2 Å². The maximum absolute atomic E-state index is 13.1. The number of epoxide rings is 1. The van der Waals surface area contributed by atoms with E-state index in [1.165, 1.54) is 18.3 Å². The molecule has 6 atom stereocenters. The van der Waals surface area contributed by atoms with E-state index < -0.39 is 54.3 Å². The molecule has 6 rings (SSSR count). The van der Waals surface area contributed by atoms with E-state index in [1.54, 1.807) is 12.3 Å². The lowest BCUT2D eigenvalue weighted by Crippen LogP contribution is -2.58. The smallest absolute Gasteiger partial charge is 0.309 e. The Morgan fingerprint density at radius 1 is 1.04 bits per heavy atom. The van der Waals surface area contributed by atoms with Crippen molar-refractivity contribution in [2.24, 2.45) is 5.92 Å². The lowest BCUT2D eigenvalue weighted by molar-refractivity contribution is -0.287. The molecule has 0 radical (unpaired) electrons. The Bertz CT molecular complexity index is 1570. The highest BCUT2D eigenvalue weighted by Gasteiger charge is 2.69. The van der Waals surface area contributed by atoms with Gasteiger partial charge in [0.05, 0.1) is 17.3 Å². The van der Waals surface area contributed by atoms with Gasteiger partial charge in [-0.2, -0.15) is 0 Å². The summed E-state index contributed by atoms with van der Waals surface area (Å²) in [6.07, 6.45) is -5.00. The molecular weight excluding hydrogens is 606 g/mol. The lowest BCUT2D eigenvalue weighted by Gasteiger charge is -2.38. The zero-order chi connectivity index (χ0) is 32.8. The first-order valence-electron chi connectivity index (χ1n) is 15.1. The number of carbonyl (C=O) groups is 1. The molecule has 2 unspecified atom stereocenters. The van der Waals surface area contributed by atoms with Gasteiger partial charge < -0.3 is 40.0 Å². The lowest BCUT2D eigenvalue weighted by atomic mass is 9.75. The van der Waals surface area contributed by atoms with Crippen molar-refractivity contribution >= 4 is 17.6 Å². The number of nitrogens with one attached hydrogen (secondary N) is 1. The molecular formula is C32H36F2N4O8. The van der Waals surface area contributed by atoms with Crippen LogP contribution < -0.4 is 5.32 Å². The average Bonchev–Trinajstić information content (AvgIpc) is 3.63. The number of nitrogens with zero attached hydrogens (tertiary/aromatic N) is 3. The van der Waals surface area contributed by atoms with Gasteiger partial charge in [0.15, 0.2) is 6.29 Å². The minimum Gasteiger partial charge on any atom is -0.463 e. The summed E-state index contributed by atoms with van der Waals surface area (Å²) in [5, 5.41) is 42.2. The molecule has 1 saturated carbocycles. The van der Waals surface area contributed by atoms with Crippen LogP contribution in [0.2, 0.25) is 0 Å². The summed E-state index contributed by atoms with van der Waals surface area (Å²) in [6.45, 7) is 3.51. The van der Waals surface area contributed by atoms with Gasteiger partial charge in [0.2, 0.25) is 0 Å². The predicted octanol–water partition coefficient (Wildman–Crippen LogP) is 3.05. The molecule has 0 aromatic carbocycles. The summed E-state index contributed by atoms with van der Waals surface area (Å²) < 4.78 is 42.9. The summed E-state index contributed by atoms with van der Waals surface area (Å²) in [5.74, 6) is -0.137. The quantitative estimate of drug-likeness (QED) is 0.179. The maximum atomic E-state index is 13.1. The number of rotatable bonds is 8. The number of aromatic nitrogens is 3. The van der Waals surface area contributed by atoms with Crippen molar-refractivity contribution in [1.82, 2.24) is 15.0 Å². The normalized spacial score (nSPS) is 32.4. The zero-order valence-corrected chi connectivity index (χ0v) is 25.2. The highest BCUT2D eigenvalue weighted by Crippen LogP contribution is 2.62. The van der Waals surface area contributed by atoms with Crippen LogP contribution in [0.5, 0.6) is 0 Å². The molecule has 2 saturated heterocycles. The Balaban J connectivity index is 1.06. The third-order valence-electron chi connectivity index (χ3n) is 9.24. The van der Waals surface area contributed by atoms with E-state index in [1.807, 2.05) is 32.0 Å². The van der Waals surface area contributed by atoms with Crippen LogP contribution in [0.15, 0.2) is 48.8 Å². The number of carbonyl (C=O) groups excluding carboxylic acids is 1. The van der Waals surface area contributed by atoms with Crippen LogP contribution in [0, 0.1) is 12.8 Å². The number of aliphatic hydroxyl groups excluding tert-OH is 4. The zero-order valence-electron chi connectivity index (χ0n) is 25.2. The maximum Gasteiger partial charge on any atom is 0.309 e. The molecule has 14 heteroatoms. The fourth-order valence-corrected chi connectivity index (χ4v) is 6.39. The number of halogens is 2. The molecule has 12 nitrogen and oxygen atoms in total. The molecule has 0 bridgehead atoms. The van der Waals surface area contributed by atoms with E-state index in [0.717, 1.165) is 16.8 Å². The fourth-order valence-electron chi connectivity index (χ4n) is 6.39. The molecule has 5 heterocycles. The van der Waals surface area contributed by atoms with Crippen LogP contribution in [0.4, 0.5) is 20.4 Å². The van der Waals surface area contributed by atoms with Gasteiger partial charge in [0.1, 0.15) is 53.9 Å². The van der Waals surface area contributed by atoms with Crippen LogP contribution >= 0.6 is 0 Å². The number of hydrogen-bond acceptors (Lipinski definition) is 12. The topological polar surface area (TPSA) is 180 Å². The van der Waals surface area contributed by atoms with E-state index >= 15 is 0 Å². The third-order valence-corrected chi connectivity index (χ3v) is 9.24. The molecule has 3 aromatic rings. The molecule has 1 aliphatic carbocycles. The second-order valence-electron chi connectivity index (χ2n) is 12.3. The Morgan fingerprint density at radius 2 is 1.80 bits per heavy atom. The van der Waals surface area contributed by atoms with Crippen LogP contribution in [0.1, 0.15) is 55.9 Å². The molecule has 246 valence electrons. The Labute approximate surface area is 263 Å². The average molecular weight is 643 g/mol. The second kappa shape index (κ2) is 12.5. The van der Waals surface area contributed by atoms with Crippen molar-refractivity contribution in [3.05, 3.63) is 65.6 Å². The first-order chi connectivity index (χ1) is 21.9. The number of aryl methyl sites for hydroxylation is 1. The first kappa shape index (κ1) is 32.3. The molecule has 0 amide bonds. The van der Waals surface area contributed by atoms with Crippen molar-refractivity contribution in [1.29, 1.82) is 0 Å². The minimum atomic E-state index is -2.61. The standard InChI is InChI=1S/C32H36F2N4O8/c1-16-11-20(37-24(12-16)38-23-13-18(28(33)34)7-10-35-23)19-3-4-22(36-14-19)31(2)32(46-31)8-5-17(6-9-32)29(42)44-15-21-25(39)26(40)27(41)30(43)45-21/h3-4,7,10-14,17,21,25-28,30,39-41,43H,5-6,8-9,15H2,1-2H3,(H,35,37,38)/t17?,21-,25-,26?,27-,30?,31+,32?/m1/s1. The fraction of sp³-hybridized carbons (Fsp3) is 0.500. The van der Waals surface area contributed by atoms with E-state index in [-0.39, 0.29) is 23.9 Å². The van der Waals surface area contributed by atoms with Gasteiger partial charge in [0, 0.05) is 23.5 Å². The Kier molecular flexibility index (Phi) is 8.78. The Hall–Kier alpha value is -3.66. The van der Waals surface area contributed by atoms with E-state index in [2.05, 4.69) is 15.3 Å². The van der Waals surface area contributed by atoms with Gasteiger partial charge in [-0.15, -0.1) is 0 Å². The van der Waals surface area contributed by atoms with Crippen LogP contribution in [0.25, 0.3) is 11.3 Å². The molecule has 1 spiro atoms. The molecule has 3 fully saturated rings. The number of esters is 1.